The summed E-state index contributed by atoms with van der Waals surface area (Å²) < 4.78 is 4.48. The fourth-order valence-electron chi connectivity index (χ4n) is 1.85. The highest BCUT2D eigenvalue weighted by Crippen LogP contribution is 2.23. The van der Waals surface area contributed by atoms with Crippen molar-refractivity contribution in [2.24, 2.45) is 10.2 Å². The normalized spacial score (nSPS) is 17.9. The molecule has 1 amide bonds. The number of carbonyl (C=O) groups is 2. The smallest absolute Gasteiger partial charge is 0.331 e. The molecule has 1 fully saturated rings. The number of thioether (sulfide) groups is 1. The van der Waals surface area contributed by atoms with Crippen LogP contribution in [0.1, 0.15) is 24.5 Å². The molecule has 0 saturated carbocycles. The average Bonchev–Trinajstić information content (AvgIpc) is 2.89. The number of nitrogens with one attached hydrogen (secondary N) is 1. The predicted molar refractivity (Wildman–Crippen MR) is 91.3 cm³/mol. The van der Waals surface area contributed by atoms with Crippen molar-refractivity contribution in [3.8, 4) is 0 Å². The Morgan fingerprint density at radius 2 is 2.09 bits per heavy atom. The van der Waals surface area contributed by atoms with Gasteiger partial charge in [0, 0.05) is 6.08 Å². The summed E-state index contributed by atoms with van der Waals surface area (Å²) in [7, 11) is 1.25. The molecule has 1 saturated heterocycles. The van der Waals surface area contributed by atoms with Gasteiger partial charge in [-0.3, -0.25) is 10.1 Å². The molecule has 1 aliphatic rings. The SMILES string of the molecule is CCCc1ccc(C=N/N=C2/NC(=O)/C(=C\C(=O)OC)S2)cc1. The van der Waals surface area contributed by atoms with Gasteiger partial charge in [-0.25, -0.2) is 4.79 Å². The number of benzene rings is 1. The van der Waals surface area contributed by atoms with Crippen LogP contribution in [0.5, 0.6) is 0 Å². The molecule has 0 radical (unpaired) electrons. The lowest BCUT2D eigenvalue weighted by molar-refractivity contribution is -0.135. The van der Waals surface area contributed by atoms with E-state index in [1.165, 1.54) is 12.7 Å². The van der Waals surface area contributed by atoms with Crippen LogP contribution in [0, 0.1) is 0 Å². The Balaban J connectivity index is 1.99. The Bertz CT molecular complexity index is 678. The molecule has 0 bridgehead atoms. The quantitative estimate of drug-likeness (QED) is 0.388. The second-order valence-corrected chi connectivity index (χ2v) is 5.76. The first kappa shape index (κ1) is 17.0. The second kappa shape index (κ2) is 8.28. The molecule has 2 rings (SSSR count). The van der Waals surface area contributed by atoms with Gasteiger partial charge in [0.1, 0.15) is 0 Å². The third kappa shape index (κ3) is 5.07. The zero-order valence-corrected chi connectivity index (χ0v) is 13.7. The second-order valence-electron chi connectivity index (χ2n) is 4.73. The molecule has 1 heterocycles. The summed E-state index contributed by atoms with van der Waals surface area (Å²) >= 11 is 1.04. The van der Waals surface area contributed by atoms with Crippen LogP contribution in [0.15, 0.2) is 45.4 Å². The highest BCUT2D eigenvalue weighted by Gasteiger charge is 2.24. The van der Waals surface area contributed by atoms with E-state index in [1.807, 2.05) is 12.1 Å². The summed E-state index contributed by atoms with van der Waals surface area (Å²) in [5.41, 5.74) is 2.21. The van der Waals surface area contributed by atoms with Gasteiger partial charge >= 0.3 is 5.97 Å². The van der Waals surface area contributed by atoms with E-state index < -0.39 is 11.9 Å². The molecule has 1 aromatic carbocycles. The lowest BCUT2D eigenvalue weighted by Gasteiger charge is -1.98. The zero-order valence-electron chi connectivity index (χ0n) is 12.9. The number of aryl methyl sites for hydroxylation is 1. The molecule has 23 heavy (non-hydrogen) atoms. The van der Waals surface area contributed by atoms with Crippen LogP contribution in [-0.4, -0.2) is 30.4 Å². The number of esters is 1. The van der Waals surface area contributed by atoms with Crippen molar-refractivity contribution in [1.29, 1.82) is 0 Å². The van der Waals surface area contributed by atoms with Gasteiger partial charge in [-0.05, 0) is 29.3 Å². The third-order valence-electron chi connectivity index (χ3n) is 2.97. The maximum Gasteiger partial charge on any atom is 0.331 e. The fraction of sp³-hybridized carbons (Fsp3) is 0.250. The van der Waals surface area contributed by atoms with Crippen LogP contribution < -0.4 is 5.32 Å². The first-order valence-corrected chi connectivity index (χ1v) is 7.93. The molecule has 7 heteroatoms. The van der Waals surface area contributed by atoms with E-state index in [0.29, 0.717) is 5.17 Å². The van der Waals surface area contributed by atoms with Gasteiger partial charge in [-0.2, -0.15) is 5.10 Å². The molecule has 0 atom stereocenters. The first-order chi connectivity index (χ1) is 11.1. The molecule has 1 aliphatic heterocycles. The van der Waals surface area contributed by atoms with Gasteiger partial charge in [0.05, 0.1) is 18.2 Å². The van der Waals surface area contributed by atoms with E-state index in [9.17, 15) is 9.59 Å². The number of carbonyl (C=O) groups excluding carboxylic acids is 2. The number of nitrogens with zero attached hydrogens (tertiary/aromatic N) is 2. The molecule has 0 spiro atoms. The Morgan fingerprint density at radius 1 is 1.35 bits per heavy atom. The number of rotatable bonds is 5. The van der Waals surface area contributed by atoms with E-state index in [4.69, 9.17) is 0 Å². The molecule has 6 nitrogen and oxygen atoms in total. The van der Waals surface area contributed by atoms with E-state index in [1.54, 1.807) is 6.21 Å². The van der Waals surface area contributed by atoms with Gasteiger partial charge in [-0.15, -0.1) is 5.10 Å². The van der Waals surface area contributed by atoms with Gasteiger partial charge in [-0.1, -0.05) is 37.6 Å². The van der Waals surface area contributed by atoms with Gasteiger partial charge < -0.3 is 4.74 Å². The lowest BCUT2D eigenvalue weighted by Crippen LogP contribution is -2.19. The van der Waals surface area contributed by atoms with Gasteiger partial charge in [0.2, 0.25) is 0 Å². The summed E-state index contributed by atoms with van der Waals surface area (Å²) in [6.07, 6.45) is 4.90. The van der Waals surface area contributed by atoms with Gasteiger partial charge in [0.15, 0.2) is 5.17 Å². The van der Waals surface area contributed by atoms with E-state index in [2.05, 4.69) is 39.3 Å². The van der Waals surface area contributed by atoms with Crippen molar-refractivity contribution < 1.29 is 14.3 Å². The largest absolute Gasteiger partial charge is 0.466 e. The summed E-state index contributed by atoms with van der Waals surface area (Å²) in [6, 6.07) is 8.05. The standard InChI is InChI=1S/C16H17N3O3S/c1-3-4-11-5-7-12(8-6-11)10-17-19-16-18-15(21)13(23-16)9-14(20)22-2/h5-10H,3-4H2,1-2H3,(H,18,19,21)/b13-9+,17-10?. The van der Waals surface area contributed by atoms with Gasteiger partial charge in [0.25, 0.3) is 5.91 Å². The minimum Gasteiger partial charge on any atom is -0.466 e. The van der Waals surface area contributed by atoms with Crippen LogP contribution in [-0.2, 0) is 20.7 Å². The van der Waals surface area contributed by atoms with Crippen molar-refractivity contribution in [3.63, 3.8) is 0 Å². The minimum absolute atomic E-state index is 0.231. The molecule has 0 aromatic heterocycles. The van der Waals surface area contributed by atoms with Crippen LogP contribution in [0.3, 0.4) is 0 Å². The van der Waals surface area contributed by atoms with Crippen molar-refractivity contribution in [2.45, 2.75) is 19.8 Å². The summed E-state index contributed by atoms with van der Waals surface area (Å²) in [6.45, 7) is 2.14. The summed E-state index contributed by atoms with van der Waals surface area (Å²) in [5, 5.41) is 10.7. The van der Waals surface area contributed by atoms with Crippen LogP contribution in [0.25, 0.3) is 0 Å². The third-order valence-corrected chi connectivity index (χ3v) is 3.87. The fourth-order valence-corrected chi connectivity index (χ4v) is 2.59. The molecule has 1 N–H and O–H groups in total. The Morgan fingerprint density at radius 3 is 2.74 bits per heavy atom. The highest BCUT2D eigenvalue weighted by atomic mass is 32.2. The molecule has 1 aromatic rings. The van der Waals surface area contributed by atoms with E-state index in [0.717, 1.165) is 36.2 Å². The van der Waals surface area contributed by atoms with Crippen molar-refractivity contribution in [2.75, 3.05) is 7.11 Å². The Labute approximate surface area is 138 Å². The zero-order chi connectivity index (χ0) is 16.7. The number of methoxy groups -OCH3 is 1. The van der Waals surface area contributed by atoms with Crippen molar-refractivity contribution >= 4 is 35.0 Å². The number of hydrogen-bond acceptors (Lipinski definition) is 6. The number of amidine groups is 1. The van der Waals surface area contributed by atoms with Crippen molar-refractivity contribution in [3.05, 3.63) is 46.4 Å². The number of hydrogen-bond donors (Lipinski definition) is 1. The molecule has 120 valence electrons. The topological polar surface area (TPSA) is 80.1 Å². The van der Waals surface area contributed by atoms with Crippen LogP contribution in [0.4, 0.5) is 0 Å². The number of ether oxygens (including phenoxy) is 1. The Kier molecular flexibility index (Phi) is 6.10. The lowest BCUT2D eigenvalue weighted by atomic mass is 10.1. The molecular weight excluding hydrogens is 314 g/mol. The predicted octanol–water partition coefficient (Wildman–Crippen LogP) is 2.25. The highest BCUT2D eigenvalue weighted by molar-refractivity contribution is 8.18. The Hall–Kier alpha value is -2.41. The van der Waals surface area contributed by atoms with Crippen LogP contribution in [0.2, 0.25) is 0 Å². The number of amides is 1. The maximum absolute atomic E-state index is 11.6. The summed E-state index contributed by atoms with van der Waals surface area (Å²) in [5.74, 6) is -0.974. The molecule has 0 unspecified atom stereocenters. The average molecular weight is 331 g/mol. The monoisotopic (exact) mass is 331 g/mol. The maximum atomic E-state index is 11.6. The minimum atomic E-state index is -0.584. The van der Waals surface area contributed by atoms with Crippen LogP contribution >= 0.6 is 11.8 Å². The molecular formula is C16H17N3O3S. The first-order valence-electron chi connectivity index (χ1n) is 7.11. The van der Waals surface area contributed by atoms with Crippen molar-refractivity contribution in [1.82, 2.24) is 5.32 Å². The van der Waals surface area contributed by atoms with E-state index in [-0.39, 0.29) is 4.91 Å². The van der Waals surface area contributed by atoms with E-state index >= 15 is 0 Å². The summed E-state index contributed by atoms with van der Waals surface area (Å²) in [4.78, 5) is 23.0. The molecule has 0 aliphatic carbocycles.